The van der Waals surface area contributed by atoms with Gasteiger partial charge in [-0.25, -0.2) is 4.79 Å². The zero-order valence-corrected chi connectivity index (χ0v) is 15.6. The first kappa shape index (κ1) is 18.9. The van der Waals surface area contributed by atoms with Crippen LogP contribution in [0.3, 0.4) is 0 Å². The maximum Gasteiger partial charge on any atom is 0.343 e. The maximum atomic E-state index is 12.2. The summed E-state index contributed by atoms with van der Waals surface area (Å²) >= 11 is 11.6. The minimum absolute atomic E-state index is 0.152. The largest absolute Gasteiger partial charge is 0.423 e. The number of hydrogen-bond acceptors (Lipinski definition) is 3. The second-order valence-corrected chi connectivity index (χ2v) is 6.54. The van der Waals surface area contributed by atoms with E-state index in [1.54, 1.807) is 66.7 Å². The first-order valence-electron chi connectivity index (χ1n) is 8.07. The number of esters is 1. The molecule has 3 rings (SSSR count). The molecule has 0 N–H and O–H groups in total. The van der Waals surface area contributed by atoms with E-state index in [0.717, 1.165) is 5.56 Å². The van der Waals surface area contributed by atoms with Crippen LogP contribution in [0.2, 0.25) is 10.0 Å². The molecule has 0 spiro atoms. The van der Waals surface area contributed by atoms with Crippen molar-refractivity contribution in [3.63, 3.8) is 0 Å². The summed E-state index contributed by atoms with van der Waals surface area (Å²) in [5.74, 6) is -0.290. The van der Waals surface area contributed by atoms with Crippen LogP contribution in [-0.4, -0.2) is 11.8 Å². The molecule has 0 heterocycles. The predicted molar refractivity (Wildman–Crippen MR) is 108 cm³/mol. The van der Waals surface area contributed by atoms with Gasteiger partial charge < -0.3 is 4.74 Å². The lowest BCUT2D eigenvalue weighted by molar-refractivity contribution is 0.0734. The van der Waals surface area contributed by atoms with Crippen LogP contribution < -0.4 is 4.74 Å². The quantitative estimate of drug-likeness (QED) is 0.226. The number of rotatable bonds is 5. The van der Waals surface area contributed by atoms with E-state index in [4.69, 9.17) is 27.9 Å². The molecular weight excluding hydrogens is 383 g/mol. The lowest BCUT2D eigenvalue weighted by Crippen LogP contribution is -2.08. The summed E-state index contributed by atoms with van der Waals surface area (Å²) in [5, 5.41) is 1.18. The van der Waals surface area contributed by atoms with Gasteiger partial charge in [-0.05, 0) is 72.3 Å². The average molecular weight is 397 g/mol. The molecule has 0 aliphatic carbocycles. The Bertz CT molecular complexity index is 974. The molecule has 3 aromatic rings. The normalized spacial score (nSPS) is 10.7. The average Bonchev–Trinajstić information content (AvgIpc) is 2.68. The molecule has 0 bridgehead atoms. The number of carbonyl (C=O) groups excluding carboxylic acids is 2. The SMILES string of the molecule is O=C(C=Cc1ccc(Cl)cc1)c1ccc(OC(=O)c2ccc(Cl)cc2)cc1. The zero-order valence-electron chi connectivity index (χ0n) is 14.1. The molecule has 3 aromatic carbocycles. The molecule has 0 unspecified atom stereocenters. The molecule has 0 fully saturated rings. The summed E-state index contributed by atoms with van der Waals surface area (Å²) in [6.45, 7) is 0. The van der Waals surface area contributed by atoms with Gasteiger partial charge in [0.25, 0.3) is 0 Å². The minimum atomic E-state index is -0.492. The van der Waals surface area contributed by atoms with Crippen LogP contribution in [0.5, 0.6) is 5.75 Å². The van der Waals surface area contributed by atoms with Crippen molar-refractivity contribution in [3.05, 3.63) is 106 Å². The Morgan fingerprint density at radius 2 is 1.22 bits per heavy atom. The number of allylic oxidation sites excluding steroid dienone is 1. The Labute approximate surface area is 166 Å². The highest BCUT2D eigenvalue weighted by molar-refractivity contribution is 6.30. The van der Waals surface area contributed by atoms with E-state index < -0.39 is 5.97 Å². The maximum absolute atomic E-state index is 12.2. The van der Waals surface area contributed by atoms with Crippen molar-refractivity contribution in [2.45, 2.75) is 0 Å². The Kier molecular flexibility index (Phi) is 6.07. The smallest absolute Gasteiger partial charge is 0.343 e. The number of benzene rings is 3. The van der Waals surface area contributed by atoms with Crippen molar-refractivity contribution in [1.82, 2.24) is 0 Å². The molecule has 0 atom stereocenters. The van der Waals surface area contributed by atoms with Gasteiger partial charge in [-0.15, -0.1) is 0 Å². The van der Waals surface area contributed by atoms with Crippen molar-refractivity contribution in [2.24, 2.45) is 0 Å². The van der Waals surface area contributed by atoms with Crippen LogP contribution in [0.15, 0.2) is 78.9 Å². The van der Waals surface area contributed by atoms with Crippen molar-refractivity contribution in [1.29, 1.82) is 0 Å². The molecule has 0 aliphatic heterocycles. The molecule has 0 radical (unpaired) electrons. The van der Waals surface area contributed by atoms with Gasteiger partial charge in [0.2, 0.25) is 0 Å². The second kappa shape index (κ2) is 8.67. The number of halogens is 2. The highest BCUT2D eigenvalue weighted by Crippen LogP contribution is 2.17. The summed E-state index contributed by atoms with van der Waals surface area (Å²) in [6, 6.07) is 20.0. The van der Waals surface area contributed by atoms with E-state index in [9.17, 15) is 9.59 Å². The van der Waals surface area contributed by atoms with Crippen LogP contribution in [0.4, 0.5) is 0 Å². The molecule has 27 heavy (non-hydrogen) atoms. The number of ketones is 1. The fraction of sp³-hybridized carbons (Fsp3) is 0. The van der Waals surface area contributed by atoms with Gasteiger partial charge in [0.15, 0.2) is 5.78 Å². The monoisotopic (exact) mass is 396 g/mol. The molecular formula is C22H14Cl2O3. The van der Waals surface area contributed by atoms with E-state index in [-0.39, 0.29) is 5.78 Å². The molecule has 0 saturated carbocycles. The van der Waals surface area contributed by atoms with Crippen molar-refractivity contribution in [2.75, 3.05) is 0 Å². The Morgan fingerprint density at radius 3 is 1.81 bits per heavy atom. The molecule has 0 aromatic heterocycles. The van der Waals surface area contributed by atoms with Crippen molar-refractivity contribution < 1.29 is 14.3 Å². The van der Waals surface area contributed by atoms with Crippen LogP contribution in [-0.2, 0) is 0 Å². The van der Waals surface area contributed by atoms with Gasteiger partial charge in [0, 0.05) is 15.6 Å². The topological polar surface area (TPSA) is 43.4 Å². The third-order valence-corrected chi connectivity index (χ3v) is 4.23. The van der Waals surface area contributed by atoms with E-state index in [1.165, 1.54) is 6.08 Å². The molecule has 5 heteroatoms. The third-order valence-electron chi connectivity index (χ3n) is 3.73. The van der Waals surface area contributed by atoms with E-state index >= 15 is 0 Å². The third kappa shape index (κ3) is 5.30. The summed E-state index contributed by atoms with van der Waals surface area (Å²) in [5.41, 5.74) is 1.76. The van der Waals surface area contributed by atoms with Gasteiger partial charge in [0.1, 0.15) is 5.75 Å². The minimum Gasteiger partial charge on any atom is -0.423 e. The number of carbonyl (C=O) groups is 2. The molecule has 3 nitrogen and oxygen atoms in total. The summed E-state index contributed by atoms with van der Waals surface area (Å²) in [6.07, 6.45) is 3.20. The van der Waals surface area contributed by atoms with Crippen LogP contribution in [0.1, 0.15) is 26.3 Å². The molecule has 0 aliphatic rings. The summed E-state index contributed by atoms with van der Waals surface area (Å²) in [7, 11) is 0. The van der Waals surface area contributed by atoms with E-state index in [0.29, 0.717) is 26.9 Å². The second-order valence-electron chi connectivity index (χ2n) is 5.67. The Morgan fingerprint density at radius 1 is 0.704 bits per heavy atom. The van der Waals surface area contributed by atoms with Gasteiger partial charge in [-0.1, -0.05) is 41.4 Å². The van der Waals surface area contributed by atoms with Crippen molar-refractivity contribution >= 4 is 41.0 Å². The first-order valence-corrected chi connectivity index (χ1v) is 8.83. The van der Waals surface area contributed by atoms with Crippen LogP contribution in [0, 0.1) is 0 Å². The molecule has 134 valence electrons. The first-order chi connectivity index (χ1) is 13.0. The summed E-state index contributed by atoms with van der Waals surface area (Å²) < 4.78 is 5.29. The van der Waals surface area contributed by atoms with E-state index in [2.05, 4.69) is 0 Å². The fourth-order valence-electron chi connectivity index (χ4n) is 2.28. The van der Waals surface area contributed by atoms with Gasteiger partial charge >= 0.3 is 5.97 Å². The lowest BCUT2D eigenvalue weighted by Gasteiger charge is -2.05. The number of hydrogen-bond donors (Lipinski definition) is 0. The van der Waals surface area contributed by atoms with Gasteiger partial charge in [-0.3, -0.25) is 4.79 Å². The van der Waals surface area contributed by atoms with Crippen LogP contribution >= 0.6 is 23.2 Å². The zero-order chi connectivity index (χ0) is 19.2. The van der Waals surface area contributed by atoms with Gasteiger partial charge in [0.05, 0.1) is 5.56 Å². The summed E-state index contributed by atoms with van der Waals surface area (Å²) in [4.78, 5) is 24.3. The molecule has 0 amide bonds. The fourth-order valence-corrected chi connectivity index (χ4v) is 2.53. The highest BCUT2D eigenvalue weighted by atomic mass is 35.5. The standard InChI is InChI=1S/C22H14Cl2O3/c23-18-8-1-15(2-9-18)3-14-21(25)16-6-12-20(13-7-16)27-22(26)17-4-10-19(24)11-5-17/h1-14H. The lowest BCUT2D eigenvalue weighted by atomic mass is 10.1. The highest BCUT2D eigenvalue weighted by Gasteiger charge is 2.09. The van der Waals surface area contributed by atoms with Crippen molar-refractivity contribution in [3.8, 4) is 5.75 Å². The van der Waals surface area contributed by atoms with E-state index in [1.807, 2.05) is 12.1 Å². The molecule has 0 saturated heterocycles. The number of ether oxygens (including phenoxy) is 1. The predicted octanol–water partition coefficient (Wildman–Crippen LogP) is 6.11. The Hall–Kier alpha value is -2.88. The van der Waals surface area contributed by atoms with Crippen LogP contribution in [0.25, 0.3) is 6.08 Å². The van der Waals surface area contributed by atoms with Gasteiger partial charge in [-0.2, -0.15) is 0 Å². The Balaban J connectivity index is 1.64.